The number of rotatable bonds is 1. The molecule has 1 aromatic rings. The summed E-state index contributed by atoms with van der Waals surface area (Å²) in [6, 6.07) is 10.6. The largest absolute Gasteiger partial charge is 0.281 e. The van der Waals surface area contributed by atoms with Gasteiger partial charge in [0.15, 0.2) is 0 Å². The van der Waals surface area contributed by atoms with Crippen LogP contribution in [-0.4, -0.2) is 12.3 Å². The summed E-state index contributed by atoms with van der Waals surface area (Å²) in [5, 5.41) is 0. The molecule has 0 aliphatic heterocycles. The molecule has 0 bridgehead atoms. The third kappa shape index (κ3) is 3.55. The summed E-state index contributed by atoms with van der Waals surface area (Å²) in [4.78, 5) is 4.50. The second kappa shape index (κ2) is 6.12. The molecule has 82 valence electrons. The van der Waals surface area contributed by atoms with Crippen LogP contribution in [0.25, 0.3) is 0 Å². The summed E-state index contributed by atoms with van der Waals surface area (Å²) in [6.45, 7) is 0. The molecule has 0 spiro atoms. The topological polar surface area (TPSA) is 12.4 Å². The SMILES string of the molecule is C(#Cc1ccccc1)C=NC1CCCCC1. The van der Waals surface area contributed by atoms with E-state index in [4.69, 9.17) is 0 Å². The minimum absolute atomic E-state index is 0.527. The first-order valence-corrected chi connectivity index (χ1v) is 6.03. The van der Waals surface area contributed by atoms with Crippen molar-refractivity contribution in [2.75, 3.05) is 0 Å². The van der Waals surface area contributed by atoms with Gasteiger partial charge >= 0.3 is 0 Å². The van der Waals surface area contributed by atoms with Crippen molar-refractivity contribution in [3.8, 4) is 11.8 Å². The van der Waals surface area contributed by atoms with Crippen LogP contribution in [0.15, 0.2) is 35.3 Å². The molecule has 1 saturated carbocycles. The molecule has 1 aromatic carbocycles. The van der Waals surface area contributed by atoms with Crippen molar-refractivity contribution in [3.05, 3.63) is 35.9 Å². The molecule has 1 aliphatic rings. The van der Waals surface area contributed by atoms with E-state index in [9.17, 15) is 0 Å². The van der Waals surface area contributed by atoms with Crippen LogP contribution in [0.4, 0.5) is 0 Å². The van der Waals surface area contributed by atoms with Crippen LogP contribution >= 0.6 is 0 Å². The maximum absolute atomic E-state index is 4.50. The van der Waals surface area contributed by atoms with Gasteiger partial charge in [-0.3, -0.25) is 4.99 Å². The molecule has 0 amide bonds. The van der Waals surface area contributed by atoms with Gasteiger partial charge in [0.1, 0.15) is 0 Å². The first-order valence-electron chi connectivity index (χ1n) is 6.03. The highest BCUT2D eigenvalue weighted by atomic mass is 14.8. The Labute approximate surface area is 97.6 Å². The number of aliphatic imine (C=N–C) groups is 1. The molecule has 0 N–H and O–H groups in total. The van der Waals surface area contributed by atoms with Gasteiger partial charge in [0.25, 0.3) is 0 Å². The fourth-order valence-corrected chi connectivity index (χ4v) is 2.01. The van der Waals surface area contributed by atoms with Crippen molar-refractivity contribution in [3.63, 3.8) is 0 Å². The maximum atomic E-state index is 4.50. The predicted octanol–water partition coefficient (Wildman–Crippen LogP) is 3.44. The van der Waals surface area contributed by atoms with Gasteiger partial charge in [-0.2, -0.15) is 0 Å². The van der Waals surface area contributed by atoms with Gasteiger partial charge in [-0.1, -0.05) is 43.4 Å². The smallest absolute Gasteiger partial charge is 0.0718 e. The van der Waals surface area contributed by atoms with Gasteiger partial charge in [-0.05, 0) is 30.9 Å². The second-order valence-corrected chi connectivity index (χ2v) is 4.21. The molecule has 1 aliphatic carbocycles. The molecular weight excluding hydrogens is 194 g/mol. The lowest BCUT2D eigenvalue weighted by Gasteiger charge is -2.16. The molecule has 0 radical (unpaired) electrons. The van der Waals surface area contributed by atoms with Gasteiger partial charge in [-0.25, -0.2) is 0 Å². The summed E-state index contributed by atoms with van der Waals surface area (Å²) in [5.41, 5.74) is 1.05. The highest BCUT2D eigenvalue weighted by Gasteiger charge is 2.09. The highest BCUT2D eigenvalue weighted by Crippen LogP contribution is 2.19. The minimum atomic E-state index is 0.527. The Balaban J connectivity index is 1.86. The molecule has 0 atom stereocenters. The maximum Gasteiger partial charge on any atom is 0.0718 e. The van der Waals surface area contributed by atoms with Crippen LogP contribution in [0.3, 0.4) is 0 Å². The lowest BCUT2D eigenvalue weighted by atomic mass is 9.96. The minimum Gasteiger partial charge on any atom is -0.281 e. The Hall–Kier alpha value is -1.55. The average Bonchev–Trinajstić information content (AvgIpc) is 2.37. The fourth-order valence-electron chi connectivity index (χ4n) is 2.01. The van der Waals surface area contributed by atoms with Gasteiger partial charge in [-0.15, -0.1) is 0 Å². The van der Waals surface area contributed by atoms with Gasteiger partial charge < -0.3 is 0 Å². The zero-order chi connectivity index (χ0) is 11.1. The Kier molecular flexibility index (Phi) is 4.19. The summed E-state index contributed by atoms with van der Waals surface area (Å²) >= 11 is 0. The monoisotopic (exact) mass is 211 g/mol. The summed E-state index contributed by atoms with van der Waals surface area (Å²) < 4.78 is 0. The predicted molar refractivity (Wildman–Crippen MR) is 68.7 cm³/mol. The molecular formula is C15H17N. The van der Waals surface area contributed by atoms with Gasteiger partial charge in [0.05, 0.1) is 12.3 Å². The first-order chi connectivity index (χ1) is 7.95. The Morgan fingerprint density at radius 1 is 1.06 bits per heavy atom. The van der Waals surface area contributed by atoms with Crippen LogP contribution in [0.5, 0.6) is 0 Å². The third-order valence-corrected chi connectivity index (χ3v) is 2.91. The number of nitrogens with zero attached hydrogens (tertiary/aromatic N) is 1. The first kappa shape index (κ1) is 11.0. The van der Waals surface area contributed by atoms with E-state index in [1.165, 1.54) is 32.1 Å². The van der Waals surface area contributed by atoms with Crippen molar-refractivity contribution < 1.29 is 0 Å². The molecule has 16 heavy (non-hydrogen) atoms. The molecule has 1 heteroatoms. The Morgan fingerprint density at radius 3 is 2.56 bits per heavy atom. The molecule has 0 aromatic heterocycles. The van der Waals surface area contributed by atoms with E-state index in [0.717, 1.165) is 5.56 Å². The van der Waals surface area contributed by atoms with E-state index < -0.39 is 0 Å². The summed E-state index contributed by atoms with van der Waals surface area (Å²) in [6.07, 6.45) is 8.29. The van der Waals surface area contributed by atoms with Crippen LogP contribution in [0, 0.1) is 11.8 Å². The third-order valence-electron chi connectivity index (χ3n) is 2.91. The number of hydrogen-bond donors (Lipinski definition) is 0. The van der Waals surface area contributed by atoms with E-state index >= 15 is 0 Å². The van der Waals surface area contributed by atoms with E-state index in [-0.39, 0.29) is 0 Å². The zero-order valence-electron chi connectivity index (χ0n) is 9.52. The lowest BCUT2D eigenvalue weighted by molar-refractivity contribution is 0.444. The van der Waals surface area contributed by atoms with E-state index in [1.807, 2.05) is 30.3 Å². The van der Waals surface area contributed by atoms with Crippen molar-refractivity contribution in [2.45, 2.75) is 38.1 Å². The lowest BCUT2D eigenvalue weighted by Crippen LogP contribution is -2.09. The molecule has 1 fully saturated rings. The van der Waals surface area contributed by atoms with Crippen LogP contribution < -0.4 is 0 Å². The second-order valence-electron chi connectivity index (χ2n) is 4.21. The summed E-state index contributed by atoms with van der Waals surface area (Å²) in [7, 11) is 0. The van der Waals surface area contributed by atoms with Crippen LogP contribution in [0.1, 0.15) is 37.7 Å². The molecule has 2 rings (SSSR count). The molecule has 0 saturated heterocycles. The van der Waals surface area contributed by atoms with Crippen molar-refractivity contribution in [1.29, 1.82) is 0 Å². The average molecular weight is 211 g/mol. The molecule has 0 heterocycles. The Morgan fingerprint density at radius 2 is 1.81 bits per heavy atom. The van der Waals surface area contributed by atoms with E-state index in [1.54, 1.807) is 6.21 Å². The van der Waals surface area contributed by atoms with Crippen LogP contribution in [-0.2, 0) is 0 Å². The van der Waals surface area contributed by atoms with E-state index in [0.29, 0.717) is 6.04 Å². The fraction of sp³-hybridized carbons (Fsp3) is 0.400. The normalized spacial score (nSPS) is 17.0. The van der Waals surface area contributed by atoms with Crippen LogP contribution in [0.2, 0.25) is 0 Å². The van der Waals surface area contributed by atoms with Crippen molar-refractivity contribution in [1.82, 2.24) is 0 Å². The van der Waals surface area contributed by atoms with Crippen molar-refractivity contribution >= 4 is 6.21 Å². The Bertz CT molecular complexity index is 388. The quantitative estimate of drug-likeness (QED) is 0.498. The molecule has 0 unspecified atom stereocenters. The van der Waals surface area contributed by atoms with Gasteiger partial charge in [0.2, 0.25) is 0 Å². The molecule has 1 nitrogen and oxygen atoms in total. The van der Waals surface area contributed by atoms with Crippen molar-refractivity contribution in [2.24, 2.45) is 4.99 Å². The highest BCUT2D eigenvalue weighted by molar-refractivity contribution is 5.79. The standard InChI is InChI=1S/C15H17N/c1-3-8-14(9-4-1)10-7-13-16-15-11-5-2-6-12-15/h1,3-4,8-9,13,15H,2,5-6,11-12H2. The van der Waals surface area contributed by atoms with Gasteiger partial charge in [0, 0.05) is 5.56 Å². The van der Waals surface area contributed by atoms with E-state index in [2.05, 4.69) is 16.8 Å². The summed E-state index contributed by atoms with van der Waals surface area (Å²) in [5.74, 6) is 6.09. The zero-order valence-corrected chi connectivity index (χ0v) is 9.52. The number of hydrogen-bond acceptors (Lipinski definition) is 1. The number of benzene rings is 1.